The normalized spacial score (nSPS) is 12.4. The lowest BCUT2D eigenvalue weighted by molar-refractivity contribution is -0.118. The number of unbranched alkanes of at least 4 members (excludes halogenated alkanes) is 6. The monoisotopic (exact) mass is 775 g/mol. The van der Waals surface area contributed by atoms with E-state index < -0.39 is 20.6 Å². The molecule has 0 saturated carbocycles. The Hall–Kier alpha value is -2.54. The summed E-state index contributed by atoms with van der Waals surface area (Å²) in [5, 5.41) is 6.27. The summed E-state index contributed by atoms with van der Waals surface area (Å²) in [6, 6.07) is 26.1. The molecule has 0 unspecified atom stereocenters. The van der Waals surface area contributed by atoms with Gasteiger partial charge in [0, 0.05) is 32.2 Å². The fraction of sp³-hybridized carbons (Fsp3) is 0.583. The maximum atomic E-state index is 13.9. The van der Waals surface area contributed by atoms with Crippen molar-refractivity contribution in [2.24, 2.45) is 0 Å². The van der Waals surface area contributed by atoms with Crippen LogP contribution < -0.4 is 10.6 Å². The molecule has 1 atom stereocenters. The molecular formula is C48H76N2O2P2+2. The summed E-state index contributed by atoms with van der Waals surface area (Å²) in [5.41, 5.74) is 5.14. The lowest BCUT2D eigenvalue weighted by Gasteiger charge is -2.28. The van der Waals surface area contributed by atoms with Gasteiger partial charge in [0.25, 0.3) is 5.91 Å². The van der Waals surface area contributed by atoms with E-state index in [1.807, 2.05) is 42.5 Å². The molecule has 54 heavy (non-hydrogen) atoms. The standard InChI is InChI=1S/C48H74N2O2P2/c1-7-13-32-53(33-14-8-2,34-15-9-3)39-42-24-28-44(29-25-42)47(51)50-46(38-41-22-20-19-21-23-41)48(52)49-45-30-26-43(27-31-45)40-54(35-16-10-4,36-17-11-5)37-18-12-6/h19-31,46H,7-18,32-40H2,1-6H3/p+2/t46-/m0/s1. The summed E-state index contributed by atoms with van der Waals surface area (Å²) in [6.07, 6.45) is 26.6. The van der Waals surface area contributed by atoms with E-state index in [1.54, 1.807) is 0 Å². The van der Waals surface area contributed by atoms with Crippen LogP contribution in [-0.2, 0) is 23.5 Å². The Balaban J connectivity index is 1.76. The number of hydrogen-bond acceptors (Lipinski definition) is 2. The molecule has 4 nitrogen and oxygen atoms in total. The average Bonchev–Trinajstić information content (AvgIpc) is 3.20. The first-order valence-corrected chi connectivity index (χ1v) is 26.8. The van der Waals surface area contributed by atoms with E-state index in [2.05, 4.69) is 88.6 Å². The first-order chi connectivity index (χ1) is 26.2. The number of nitrogens with one attached hydrogen (secondary N) is 2. The van der Waals surface area contributed by atoms with Gasteiger partial charge in [-0.05, 0) is 79.5 Å². The zero-order valence-corrected chi connectivity index (χ0v) is 36.9. The Bertz CT molecular complexity index is 1410. The van der Waals surface area contributed by atoms with Crippen molar-refractivity contribution in [3.8, 4) is 0 Å². The molecule has 0 bridgehead atoms. The molecule has 0 saturated heterocycles. The Morgan fingerprint density at radius 3 is 1.28 bits per heavy atom. The summed E-state index contributed by atoms with van der Waals surface area (Å²) >= 11 is 0. The number of amides is 2. The molecule has 0 heterocycles. The molecule has 0 spiro atoms. The van der Waals surface area contributed by atoms with Gasteiger partial charge in [0.15, 0.2) is 0 Å². The SMILES string of the molecule is CCCC[P+](CCCC)(CCCC)Cc1ccc(NC(=O)[C@H](Cc2ccccc2)NC(=O)c2ccc(C[P+](CCCC)(CCCC)CCCC)cc2)cc1. The third-order valence-corrected chi connectivity index (χ3v) is 21.0. The Kier molecular flexibility index (Phi) is 21.7. The topological polar surface area (TPSA) is 58.2 Å². The number of hydrogen-bond donors (Lipinski definition) is 2. The van der Waals surface area contributed by atoms with Crippen LogP contribution in [0.3, 0.4) is 0 Å². The molecule has 3 aromatic carbocycles. The predicted molar refractivity (Wildman–Crippen MR) is 243 cm³/mol. The quantitative estimate of drug-likeness (QED) is 0.0722. The van der Waals surface area contributed by atoms with Crippen molar-refractivity contribution in [2.75, 3.05) is 42.3 Å². The third kappa shape index (κ3) is 15.9. The van der Waals surface area contributed by atoms with Crippen molar-refractivity contribution >= 4 is 32.0 Å². The van der Waals surface area contributed by atoms with Gasteiger partial charge in [-0.3, -0.25) is 9.59 Å². The van der Waals surface area contributed by atoms with Crippen LogP contribution >= 0.6 is 14.5 Å². The predicted octanol–water partition coefficient (Wildman–Crippen LogP) is 13.5. The van der Waals surface area contributed by atoms with E-state index in [9.17, 15) is 9.59 Å². The average molecular weight is 775 g/mol. The van der Waals surface area contributed by atoms with Gasteiger partial charge in [0.05, 0.1) is 49.3 Å². The summed E-state index contributed by atoms with van der Waals surface area (Å²) in [7, 11) is -2.17. The molecule has 0 aliphatic heterocycles. The van der Waals surface area contributed by atoms with Crippen molar-refractivity contribution in [1.29, 1.82) is 0 Å². The fourth-order valence-electron chi connectivity index (χ4n) is 7.87. The molecular weight excluding hydrogens is 698 g/mol. The molecule has 2 N–H and O–H groups in total. The zero-order chi connectivity index (χ0) is 39.1. The highest BCUT2D eigenvalue weighted by Crippen LogP contribution is 2.64. The minimum Gasteiger partial charge on any atom is -0.340 e. The Morgan fingerprint density at radius 2 is 0.889 bits per heavy atom. The maximum absolute atomic E-state index is 13.9. The van der Waals surface area contributed by atoms with Crippen molar-refractivity contribution in [3.63, 3.8) is 0 Å². The van der Waals surface area contributed by atoms with Gasteiger partial charge < -0.3 is 10.6 Å². The maximum Gasteiger partial charge on any atom is 0.251 e. The minimum atomic E-state index is -1.09. The van der Waals surface area contributed by atoms with Crippen LogP contribution in [0.25, 0.3) is 0 Å². The van der Waals surface area contributed by atoms with Crippen LogP contribution in [0.2, 0.25) is 0 Å². The molecule has 6 heteroatoms. The zero-order valence-electron chi connectivity index (χ0n) is 35.1. The van der Waals surface area contributed by atoms with E-state index in [0.29, 0.717) is 12.0 Å². The van der Waals surface area contributed by atoms with Crippen LogP contribution in [0.15, 0.2) is 78.9 Å². The van der Waals surface area contributed by atoms with Gasteiger partial charge in [0.1, 0.15) is 6.04 Å². The number of anilines is 1. The summed E-state index contributed by atoms with van der Waals surface area (Å²) in [6.45, 7) is 13.9. The van der Waals surface area contributed by atoms with Crippen molar-refractivity contribution in [2.45, 2.75) is 143 Å². The Morgan fingerprint density at radius 1 is 0.500 bits per heavy atom. The lowest BCUT2D eigenvalue weighted by Crippen LogP contribution is -2.45. The van der Waals surface area contributed by atoms with Crippen molar-refractivity contribution in [1.82, 2.24) is 5.32 Å². The van der Waals surface area contributed by atoms with Gasteiger partial charge in [-0.2, -0.15) is 0 Å². The highest BCUT2D eigenvalue weighted by Gasteiger charge is 2.37. The van der Waals surface area contributed by atoms with Crippen LogP contribution in [-0.4, -0.2) is 54.8 Å². The second kappa shape index (κ2) is 25.6. The third-order valence-electron chi connectivity index (χ3n) is 11.3. The summed E-state index contributed by atoms with van der Waals surface area (Å²) < 4.78 is 0. The van der Waals surface area contributed by atoms with Gasteiger partial charge >= 0.3 is 0 Å². The van der Waals surface area contributed by atoms with Crippen molar-refractivity contribution < 1.29 is 9.59 Å². The van der Waals surface area contributed by atoms with Crippen molar-refractivity contribution in [3.05, 3.63) is 101 Å². The largest absolute Gasteiger partial charge is 0.340 e. The number of benzene rings is 3. The summed E-state index contributed by atoms with van der Waals surface area (Å²) in [4.78, 5) is 27.6. The summed E-state index contributed by atoms with van der Waals surface area (Å²) in [5.74, 6) is -0.395. The second-order valence-electron chi connectivity index (χ2n) is 16.1. The van der Waals surface area contributed by atoms with E-state index in [1.165, 1.54) is 137 Å². The fourth-order valence-corrected chi connectivity index (χ4v) is 18.0. The molecule has 0 aromatic heterocycles. The molecule has 0 radical (unpaired) electrons. The molecule has 0 fully saturated rings. The molecule has 0 aliphatic rings. The van der Waals surface area contributed by atoms with Gasteiger partial charge in [-0.25, -0.2) is 0 Å². The lowest BCUT2D eigenvalue weighted by atomic mass is 10.0. The number of carbonyl (C=O) groups excluding carboxylic acids is 2. The van der Waals surface area contributed by atoms with E-state index in [-0.39, 0.29) is 11.8 Å². The highest BCUT2D eigenvalue weighted by atomic mass is 31.2. The molecule has 3 rings (SSSR count). The van der Waals surface area contributed by atoms with E-state index in [4.69, 9.17) is 0 Å². The smallest absolute Gasteiger partial charge is 0.251 e. The van der Waals surface area contributed by atoms with Gasteiger partial charge in [-0.15, -0.1) is 0 Å². The minimum absolute atomic E-state index is 0.190. The molecule has 3 aromatic rings. The van der Waals surface area contributed by atoms with Crippen LogP contribution in [0.1, 0.15) is 146 Å². The van der Waals surface area contributed by atoms with E-state index >= 15 is 0 Å². The molecule has 298 valence electrons. The van der Waals surface area contributed by atoms with Gasteiger partial charge in [-0.1, -0.05) is 135 Å². The van der Waals surface area contributed by atoms with Crippen LogP contribution in [0.4, 0.5) is 5.69 Å². The van der Waals surface area contributed by atoms with Crippen LogP contribution in [0.5, 0.6) is 0 Å². The molecule has 0 aliphatic carbocycles. The number of carbonyl (C=O) groups is 2. The van der Waals surface area contributed by atoms with Gasteiger partial charge in [0.2, 0.25) is 5.91 Å². The second-order valence-corrected chi connectivity index (χ2v) is 24.7. The molecule has 2 amide bonds. The van der Waals surface area contributed by atoms with E-state index in [0.717, 1.165) is 11.3 Å². The highest BCUT2D eigenvalue weighted by molar-refractivity contribution is 7.75. The Labute approximate surface area is 332 Å². The first-order valence-electron chi connectivity index (χ1n) is 21.8. The first kappa shape index (κ1) is 45.8. The van der Waals surface area contributed by atoms with Crippen LogP contribution in [0, 0.1) is 0 Å². The number of rotatable bonds is 28.